The van der Waals surface area contributed by atoms with Gasteiger partial charge in [0.2, 0.25) is 0 Å². The molecule has 0 aliphatic carbocycles. The average molecular weight is 404 g/mol. The SMILES string of the molecule is COc1ccc(/C(O)=C2\C(=O)C(=O)N(CCN(C)C)[C@H]2c2cccs2)cc1F. The molecule has 1 aromatic carbocycles. The quantitative estimate of drug-likeness (QED) is 0.456. The number of likely N-dealkylation sites (tertiary alicyclic amines) is 1. The Kier molecular flexibility index (Phi) is 5.81. The van der Waals surface area contributed by atoms with Gasteiger partial charge in [-0.25, -0.2) is 4.39 Å². The molecule has 148 valence electrons. The van der Waals surface area contributed by atoms with Crippen molar-refractivity contribution in [3.8, 4) is 5.75 Å². The second-order valence-corrected chi connectivity index (χ2v) is 7.64. The molecule has 6 nitrogen and oxygen atoms in total. The first-order valence-electron chi connectivity index (χ1n) is 8.65. The molecular formula is C20H21FN2O4S. The van der Waals surface area contributed by atoms with E-state index in [0.29, 0.717) is 13.1 Å². The van der Waals surface area contributed by atoms with Gasteiger partial charge in [0.1, 0.15) is 5.76 Å². The van der Waals surface area contributed by atoms with E-state index in [1.54, 1.807) is 0 Å². The predicted molar refractivity (Wildman–Crippen MR) is 105 cm³/mol. The molecule has 1 N–H and O–H groups in total. The van der Waals surface area contributed by atoms with E-state index < -0.39 is 29.3 Å². The lowest BCUT2D eigenvalue weighted by Crippen LogP contribution is -2.35. The van der Waals surface area contributed by atoms with Crippen LogP contribution in [0.25, 0.3) is 5.76 Å². The van der Waals surface area contributed by atoms with Crippen LogP contribution in [0.5, 0.6) is 5.75 Å². The summed E-state index contributed by atoms with van der Waals surface area (Å²) in [5.74, 6) is -2.48. The summed E-state index contributed by atoms with van der Waals surface area (Å²) in [6.45, 7) is 0.889. The van der Waals surface area contributed by atoms with Gasteiger partial charge in [-0.05, 0) is 43.7 Å². The van der Waals surface area contributed by atoms with E-state index >= 15 is 0 Å². The molecule has 8 heteroatoms. The lowest BCUT2D eigenvalue weighted by molar-refractivity contribution is -0.140. The van der Waals surface area contributed by atoms with Gasteiger partial charge in [-0.15, -0.1) is 11.3 Å². The number of hydrogen-bond donors (Lipinski definition) is 1. The smallest absolute Gasteiger partial charge is 0.295 e. The summed E-state index contributed by atoms with van der Waals surface area (Å²) in [5, 5.41) is 12.7. The third kappa shape index (κ3) is 3.65. The molecule has 1 fully saturated rings. The maximum absolute atomic E-state index is 14.1. The Hall–Kier alpha value is -2.71. The number of thiophene rings is 1. The van der Waals surface area contributed by atoms with Gasteiger partial charge in [0, 0.05) is 23.5 Å². The minimum absolute atomic E-state index is 0.0257. The summed E-state index contributed by atoms with van der Waals surface area (Å²) in [7, 11) is 5.08. The molecule has 1 saturated heterocycles. The van der Waals surface area contributed by atoms with Gasteiger partial charge in [0.05, 0.1) is 18.7 Å². The molecule has 0 radical (unpaired) electrons. The second kappa shape index (κ2) is 8.12. The Morgan fingerprint density at radius 3 is 2.64 bits per heavy atom. The van der Waals surface area contributed by atoms with Crippen LogP contribution in [0, 0.1) is 5.82 Å². The molecule has 0 bridgehead atoms. The molecular weight excluding hydrogens is 383 g/mol. The number of halogens is 1. The minimum Gasteiger partial charge on any atom is -0.507 e. The fraction of sp³-hybridized carbons (Fsp3) is 0.300. The highest BCUT2D eigenvalue weighted by atomic mass is 32.1. The molecule has 0 unspecified atom stereocenters. The summed E-state index contributed by atoms with van der Waals surface area (Å²) in [6.07, 6.45) is 0. The Morgan fingerprint density at radius 1 is 1.32 bits per heavy atom. The molecule has 1 atom stereocenters. The summed E-state index contributed by atoms with van der Waals surface area (Å²) >= 11 is 1.39. The summed E-state index contributed by atoms with van der Waals surface area (Å²) < 4.78 is 19.0. The highest BCUT2D eigenvalue weighted by Gasteiger charge is 2.46. The number of ketones is 1. The fourth-order valence-corrected chi connectivity index (χ4v) is 3.98. The van der Waals surface area contributed by atoms with E-state index in [1.165, 1.54) is 35.5 Å². The molecule has 0 saturated carbocycles. The topological polar surface area (TPSA) is 70.1 Å². The molecule has 28 heavy (non-hydrogen) atoms. The number of nitrogens with zero attached hydrogens (tertiary/aromatic N) is 2. The van der Waals surface area contributed by atoms with E-state index in [-0.39, 0.29) is 16.9 Å². The lowest BCUT2D eigenvalue weighted by atomic mass is 9.99. The Labute approximate surface area is 166 Å². The van der Waals surface area contributed by atoms with E-state index in [2.05, 4.69) is 0 Å². The zero-order chi connectivity index (χ0) is 20.4. The van der Waals surface area contributed by atoms with Crippen molar-refractivity contribution >= 4 is 28.8 Å². The number of methoxy groups -OCH3 is 1. The summed E-state index contributed by atoms with van der Waals surface area (Å²) in [6, 6.07) is 6.84. The van der Waals surface area contributed by atoms with Gasteiger partial charge in [-0.1, -0.05) is 6.07 Å². The predicted octanol–water partition coefficient (Wildman–Crippen LogP) is 2.88. The van der Waals surface area contributed by atoms with Crippen molar-refractivity contribution in [2.45, 2.75) is 6.04 Å². The Morgan fingerprint density at radius 2 is 2.07 bits per heavy atom. The third-order valence-corrected chi connectivity index (χ3v) is 5.49. The van der Waals surface area contributed by atoms with E-state index in [9.17, 15) is 19.1 Å². The highest BCUT2D eigenvalue weighted by molar-refractivity contribution is 7.10. The summed E-state index contributed by atoms with van der Waals surface area (Å²) in [4.78, 5) is 29.5. The lowest BCUT2D eigenvalue weighted by Gasteiger charge is -2.25. The number of rotatable bonds is 6. The van der Waals surface area contributed by atoms with Crippen molar-refractivity contribution in [3.63, 3.8) is 0 Å². The molecule has 1 aliphatic rings. The van der Waals surface area contributed by atoms with Crippen molar-refractivity contribution < 1.29 is 23.8 Å². The Balaban J connectivity index is 2.10. The van der Waals surface area contributed by atoms with Crippen molar-refractivity contribution in [2.24, 2.45) is 0 Å². The number of aliphatic hydroxyl groups excluding tert-OH is 1. The number of amides is 1. The third-order valence-electron chi connectivity index (χ3n) is 4.57. The van der Waals surface area contributed by atoms with E-state index in [4.69, 9.17) is 4.74 Å². The van der Waals surface area contributed by atoms with Crippen molar-refractivity contribution in [2.75, 3.05) is 34.3 Å². The van der Waals surface area contributed by atoms with Crippen molar-refractivity contribution in [1.82, 2.24) is 9.80 Å². The maximum Gasteiger partial charge on any atom is 0.295 e. The van der Waals surface area contributed by atoms with Crippen LogP contribution in [0.3, 0.4) is 0 Å². The molecule has 0 spiro atoms. The van der Waals surface area contributed by atoms with Gasteiger partial charge in [0.15, 0.2) is 11.6 Å². The number of benzene rings is 1. The van der Waals surface area contributed by atoms with Gasteiger partial charge < -0.3 is 19.6 Å². The van der Waals surface area contributed by atoms with Crippen LogP contribution in [0.15, 0.2) is 41.3 Å². The number of aliphatic hydroxyl groups is 1. The maximum atomic E-state index is 14.1. The van der Waals surface area contributed by atoms with Gasteiger partial charge in [-0.2, -0.15) is 0 Å². The second-order valence-electron chi connectivity index (χ2n) is 6.66. The first-order valence-corrected chi connectivity index (χ1v) is 9.53. The highest BCUT2D eigenvalue weighted by Crippen LogP contribution is 2.41. The van der Waals surface area contributed by atoms with E-state index in [1.807, 2.05) is 36.5 Å². The molecule has 3 rings (SSSR count). The molecule has 1 aromatic heterocycles. The van der Waals surface area contributed by atoms with Crippen molar-refractivity contribution in [1.29, 1.82) is 0 Å². The Bertz CT molecular complexity index is 924. The number of Topliss-reactive ketones (excluding diaryl/α,β-unsaturated/α-hetero) is 1. The first kappa shape index (κ1) is 20.0. The van der Waals surface area contributed by atoms with E-state index in [0.717, 1.165) is 10.9 Å². The first-order chi connectivity index (χ1) is 13.3. The van der Waals surface area contributed by atoms with Crippen LogP contribution in [-0.4, -0.2) is 60.9 Å². The molecule has 2 aromatic rings. The van der Waals surface area contributed by atoms with Crippen LogP contribution in [0.2, 0.25) is 0 Å². The van der Waals surface area contributed by atoms with Crippen LogP contribution in [-0.2, 0) is 9.59 Å². The van der Waals surface area contributed by atoms with Crippen LogP contribution < -0.4 is 4.74 Å². The van der Waals surface area contributed by atoms with Crippen molar-refractivity contribution in [3.05, 3.63) is 57.5 Å². The van der Waals surface area contributed by atoms with Crippen LogP contribution >= 0.6 is 11.3 Å². The number of carbonyl (C=O) groups excluding carboxylic acids is 2. The zero-order valence-corrected chi connectivity index (χ0v) is 16.6. The monoisotopic (exact) mass is 404 g/mol. The van der Waals surface area contributed by atoms with Gasteiger partial charge >= 0.3 is 0 Å². The molecule has 2 heterocycles. The average Bonchev–Trinajstić information content (AvgIpc) is 3.27. The largest absolute Gasteiger partial charge is 0.507 e. The summed E-state index contributed by atoms with van der Waals surface area (Å²) in [5.41, 5.74) is 0.0845. The normalized spacial score (nSPS) is 18.9. The minimum atomic E-state index is -0.772. The standard InChI is InChI=1S/C20H21FN2O4S/c1-22(2)8-9-23-17(15-5-4-10-28-15)16(19(25)20(23)26)18(24)12-6-7-14(27-3)13(21)11-12/h4-7,10-11,17,24H,8-9H2,1-3H3/b18-16+/t17-/m0/s1. The van der Waals surface area contributed by atoms with Gasteiger partial charge in [-0.3, -0.25) is 9.59 Å². The number of carbonyl (C=O) groups is 2. The zero-order valence-electron chi connectivity index (χ0n) is 15.8. The molecule has 1 amide bonds. The van der Waals surface area contributed by atoms with Crippen LogP contribution in [0.4, 0.5) is 4.39 Å². The van der Waals surface area contributed by atoms with Gasteiger partial charge in [0.25, 0.3) is 11.7 Å². The van der Waals surface area contributed by atoms with Crippen LogP contribution in [0.1, 0.15) is 16.5 Å². The number of ether oxygens (including phenoxy) is 1. The fourth-order valence-electron chi connectivity index (χ4n) is 3.13. The molecule has 1 aliphatic heterocycles. The number of likely N-dealkylation sites (N-methyl/N-ethyl adjacent to an activating group) is 1. The number of hydrogen-bond acceptors (Lipinski definition) is 6.